The number of anilines is 1. The molecule has 0 saturated carbocycles. The molecule has 1 amide bonds. The van der Waals surface area contributed by atoms with Crippen molar-refractivity contribution >= 4 is 44.5 Å². The van der Waals surface area contributed by atoms with Crippen LogP contribution >= 0.6 is 11.6 Å². The second-order valence-corrected chi connectivity index (χ2v) is 13.2. The van der Waals surface area contributed by atoms with Crippen molar-refractivity contribution in [3.8, 4) is 0 Å². The first-order chi connectivity index (χ1) is 16.9. The van der Waals surface area contributed by atoms with Gasteiger partial charge in [0, 0.05) is 12.7 Å². The zero-order valence-corrected chi connectivity index (χ0v) is 22.0. The average molecular weight is 532 g/mol. The number of amides is 1. The van der Waals surface area contributed by atoms with Crippen LogP contribution in [0.4, 0.5) is 10.2 Å². The molecular weight excluding hydrogens is 505 g/mol. The fourth-order valence-corrected chi connectivity index (χ4v) is 8.43. The predicted molar refractivity (Wildman–Crippen MR) is 139 cm³/mol. The lowest BCUT2D eigenvalue weighted by Crippen LogP contribution is -2.60. The number of rotatable bonds is 3. The molecule has 190 valence electrons. The summed E-state index contributed by atoms with van der Waals surface area (Å²) in [5.74, 6) is -0.874. The molecule has 3 atom stereocenters. The van der Waals surface area contributed by atoms with E-state index in [1.165, 1.54) is 12.1 Å². The standard InChI is InChI=1S/C24H27ClFN7O2S/c1-13-19(31-18-10-7-14(25)12-33(13)18)21(34)30-17-9-8-15(26)20(29-17)24(4)16-6-5-11-28-36(16,35)23(2,3)22(27)32-24/h7-10,12,16H,5-6,11H2,1-4H3,(H2,27,32)(H,29,30,34)/t16-,24+,36-/m1/s1. The van der Waals surface area contributed by atoms with Gasteiger partial charge in [0.1, 0.15) is 39.1 Å². The van der Waals surface area contributed by atoms with Crippen molar-refractivity contribution in [1.29, 1.82) is 0 Å². The summed E-state index contributed by atoms with van der Waals surface area (Å²) in [4.78, 5) is 26.6. The maximum atomic E-state index is 15.3. The van der Waals surface area contributed by atoms with E-state index in [9.17, 15) is 9.00 Å². The van der Waals surface area contributed by atoms with Gasteiger partial charge in [-0.1, -0.05) is 11.6 Å². The third kappa shape index (κ3) is 3.51. The number of aryl methyl sites for hydroxylation is 1. The number of nitrogens with zero attached hydrogens (tertiary/aromatic N) is 5. The molecule has 0 radical (unpaired) electrons. The zero-order chi connectivity index (χ0) is 26.0. The van der Waals surface area contributed by atoms with Gasteiger partial charge in [-0.05, 0) is 64.8 Å². The van der Waals surface area contributed by atoms with Crippen molar-refractivity contribution < 1.29 is 13.4 Å². The molecule has 3 aromatic rings. The normalized spacial score (nSPS) is 27.2. The highest BCUT2D eigenvalue weighted by molar-refractivity contribution is 7.96. The number of nitrogens with one attached hydrogen (secondary N) is 1. The Morgan fingerprint density at radius 1 is 1.25 bits per heavy atom. The molecule has 5 heterocycles. The zero-order valence-electron chi connectivity index (χ0n) is 20.4. The summed E-state index contributed by atoms with van der Waals surface area (Å²) in [5, 5.41) is 2.63. The Morgan fingerprint density at radius 2 is 2.00 bits per heavy atom. The van der Waals surface area contributed by atoms with E-state index in [1.54, 1.807) is 50.4 Å². The van der Waals surface area contributed by atoms with E-state index in [2.05, 4.69) is 24.6 Å². The highest BCUT2D eigenvalue weighted by Gasteiger charge is 2.56. The van der Waals surface area contributed by atoms with Gasteiger partial charge in [0.2, 0.25) is 0 Å². The quantitative estimate of drug-likeness (QED) is 0.526. The highest BCUT2D eigenvalue weighted by atomic mass is 35.5. The molecule has 0 unspecified atom stereocenters. The van der Waals surface area contributed by atoms with E-state index in [0.717, 1.165) is 0 Å². The Bertz CT molecular complexity index is 1570. The van der Waals surface area contributed by atoms with E-state index in [-0.39, 0.29) is 23.0 Å². The maximum Gasteiger partial charge on any atom is 0.277 e. The number of halogens is 2. The minimum absolute atomic E-state index is 0.0351. The molecule has 5 rings (SSSR count). The van der Waals surface area contributed by atoms with Crippen LogP contribution in [0.5, 0.6) is 0 Å². The molecule has 3 aromatic heterocycles. The van der Waals surface area contributed by atoms with Crippen LogP contribution < -0.4 is 11.1 Å². The fourth-order valence-electron chi connectivity index (χ4n) is 5.04. The summed E-state index contributed by atoms with van der Waals surface area (Å²) in [6.45, 7) is 7.42. The molecule has 2 aliphatic rings. The predicted octanol–water partition coefficient (Wildman–Crippen LogP) is 4.08. The number of aliphatic imine (C=N–C) groups is 1. The van der Waals surface area contributed by atoms with Crippen molar-refractivity contribution in [2.75, 3.05) is 11.9 Å². The number of aromatic nitrogens is 3. The number of pyridine rings is 2. The van der Waals surface area contributed by atoms with Crippen LogP contribution in [0.15, 0.2) is 39.8 Å². The summed E-state index contributed by atoms with van der Waals surface area (Å²) < 4.78 is 34.7. The van der Waals surface area contributed by atoms with Gasteiger partial charge in [0.25, 0.3) is 5.91 Å². The number of carbonyl (C=O) groups excluding carboxylic acids is 1. The first kappa shape index (κ1) is 24.6. The minimum atomic E-state index is -2.88. The van der Waals surface area contributed by atoms with Crippen molar-refractivity contribution in [1.82, 2.24) is 14.4 Å². The van der Waals surface area contributed by atoms with Gasteiger partial charge in [-0.15, -0.1) is 0 Å². The van der Waals surface area contributed by atoms with Crippen LogP contribution in [-0.2, 0) is 15.3 Å². The molecule has 9 nitrogen and oxygen atoms in total. The highest BCUT2D eigenvalue weighted by Crippen LogP contribution is 2.47. The Labute approximate surface area is 213 Å². The number of hydrogen-bond acceptors (Lipinski definition) is 7. The molecular formula is C24H27ClFN7O2S. The SMILES string of the molecule is Cc1c(C(=O)Nc2ccc(F)c([C@@]3(C)N=C(N)C(C)(C)[S@@]4(=O)=NCCC[C@H]34)n2)nc2ccc(Cl)cn12. The summed E-state index contributed by atoms with van der Waals surface area (Å²) in [7, 11) is -2.88. The molecule has 0 bridgehead atoms. The molecule has 36 heavy (non-hydrogen) atoms. The van der Waals surface area contributed by atoms with E-state index in [0.29, 0.717) is 35.8 Å². The summed E-state index contributed by atoms with van der Waals surface area (Å²) >= 11 is 6.07. The molecule has 3 N–H and O–H groups in total. The topological polar surface area (TPSA) is 127 Å². The third-order valence-corrected chi connectivity index (χ3v) is 11.2. The molecule has 0 fully saturated rings. The van der Waals surface area contributed by atoms with Gasteiger partial charge < -0.3 is 15.5 Å². The van der Waals surface area contributed by atoms with Crippen molar-refractivity contribution in [2.45, 2.75) is 56.1 Å². The second-order valence-electron chi connectivity index (χ2n) is 9.81. The van der Waals surface area contributed by atoms with E-state index < -0.39 is 37.0 Å². The minimum Gasteiger partial charge on any atom is -0.386 e. The maximum absolute atomic E-state index is 15.3. The van der Waals surface area contributed by atoms with Crippen LogP contribution in [-0.4, -0.2) is 46.9 Å². The molecule has 0 spiro atoms. The average Bonchev–Trinajstić information content (AvgIpc) is 3.15. The second kappa shape index (κ2) is 8.24. The largest absolute Gasteiger partial charge is 0.386 e. The first-order valence-corrected chi connectivity index (χ1v) is 13.5. The van der Waals surface area contributed by atoms with Gasteiger partial charge in [-0.2, -0.15) is 0 Å². The smallest absolute Gasteiger partial charge is 0.277 e. The number of fused-ring (bicyclic) bond motifs is 2. The van der Waals surface area contributed by atoms with Gasteiger partial charge >= 0.3 is 0 Å². The monoisotopic (exact) mass is 531 g/mol. The summed E-state index contributed by atoms with van der Waals surface area (Å²) in [5.41, 5.74) is 6.29. The Balaban J connectivity index is 1.56. The molecule has 0 aromatic carbocycles. The molecule has 0 aliphatic carbocycles. The third-order valence-electron chi connectivity index (χ3n) is 7.22. The lowest BCUT2D eigenvalue weighted by atomic mass is 9.89. The van der Waals surface area contributed by atoms with Crippen LogP contribution in [0.2, 0.25) is 5.02 Å². The van der Waals surface area contributed by atoms with Crippen molar-refractivity contribution in [3.63, 3.8) is 0 Å². The Hall–Kier alpha value is -3.05. The van der Waals surface area contributed by atoms with Gasteiger partial charge in [0.15, 0.2) is 5.69 Å². The lowest BCUT2D eigenvalue weighted by molar-refractivity contribution is 0.102. The number of imidazole rings is 1. The summed E-state index contributed by atoms with van der Waals surface area (Å²) in [6.07, 6.45) is 2.92. The molecule has 0 saturated heterocycles. The van der Waals surface area contributed by atoms with Gasteiger partial charge in [-0.3, -0.25) is 9.79 Å². The van der Waals surface area contributed by atoms with E-state index in [4.69, 9.17) is 17.3 Å². The van der Waals surface area contributed by atoms with Gasteiger partial charge in [0.05, 0.1) is 25.7 Å². The lowest BCUT2D eigenvalue weighted by Gasteiger charge is -2.47. The van der Waals surface area contributed by atoms with Crippen molar-refractivity contribution in [3.05, 3.63) is 58.4 Å². The Kier molecular flexibility index (Phi) is 5.64. The van der Waals surface area contributed by atoms with Crippen molar-refractivity contribution in [2.24, 2.45) is 15.1 Å². The fraction of sp³-hybridized carbons (Fsp3) is 0.417. The number of amidine groups is 1. The van der Waals surface area contributed by atoms with Crippen LogP contribution in [0.25, 0.3) is 5.65 Å². The van der Waals surface area contributed by atoms with Crippen LogP contribution in [0, 0.1) is 12.7 Å². The van der Waals surface area contributed by atoms with Crippen LogP contribution in [0.3, 0.4) is 0 Å². The first-order valence-electron chi connectivity index (χ1n) is 11.6. The van der Waals surface area contributed by atoms with E-state index in [1.807, 2.05) is 0 Å². The molecule has 2 aliphatic heterocycles. The van der Waals surface area contributed by atoms with Gasteiger partial charge in [-0.25, -0.2) is 22.9 Å². The molecule has 12 heteroatoms. The van der Waals surface area contributed by atoms with E-state index >= 15 is 4.39 Å². The Morgan fingerprint density at radius 3 is 2.75 bits per heavy atom. The number of hydrogen-bond donors (Lipinski definition) is 2. The summed E-state index contributed by atoms with van der Waals surface area (Å²) in [6, 6.07) is 5.98. The van der Waals surface area contributed by atoms with Crippen LogP contribution in [0.1, 0.15) is 55.5 Å². The number of nitrogens with two attached hydrogens (primary N) is 1. The number of carbonyl (C=O) groups is 1.